The molecule has 0 bridgehead atoms. The van der Waals surface area contributed by atoms with Gasteiger partial charge in [-0.1, -0.05) is 74.5 Å². The summed E-state index contributed by atoms with van der Waals surface area (Å²) in [5.74, 6) is -3.30. The second kappa shape index (κ2) is 14.4. The van der Waals surface area contributed by atoms with Crippen molar-refractivity contribution in [1.82, 2.24) is 16.0 Å². The molecule has 234 valence electrons. The van der Waals surface area contributed by atoms with E-state index in [1.165, 1.54) is 6.92 Å². The summed E-state index contributed by atoms with van der Waals surface area (Å²) in [7, 11) is 0. The van der Waals surface area contributed by atoms with E-state index in [-0.39, 0.29) is 12.3 Å². The van der Waals surface area contributed by atoms with Gasteiger partial charge in [0, 0.05) is 19.0 Å². The van der Waals surface area contributed by atoms with Gasteiger partial charge in [-0.2, -0.15) is 0 Å². The molecule has 11 heteroatoms. The Bertz CT molecular complexity index is 1230. The van der Waals surface area contributed by atoms with Gasteiger partial charge < -0.3 is 40.0 Å². The Morgan fingerprint density at radius 2 is 1.56 bits per heavy atom. The molecule has 0 aromatic heterocycles. The molecule has 7 atom stereocenters. The predicted molar refractivity (Wildman–Crippen MR) is 157 cm³/mol. The molecule has 43 heavy (non-hydrogen) atoms. The van der Waals surface area contributed by atoms with Gasteiger partial charge in [-0.3, -0.25) is 9.59 Å². The van der Waals surface area contributed by atoms with Crippen LogP contribution in [-0.2, 0) is 46.5 Å². The number of carboxylic acids is 1. The van der Waals surface area contributed by atoms with Gasteiger partial charge in [-0.25, -0.2) is 4.79 Å². The molecule has 0 saturated carbocycles. The number of nitrogens with one attached hydrogen (secondary N) is 3. The number of hydrogen-bond acceptors (Lipinski definition) is 8. The highest BCUT2D eigenvalue weighted by Crippen LogP contribution is 2.40. The first-order valence-electron chi connectivity index (χ1n) is 14.7. The van der Waals surface area contributed by atoms with Gasteiger partial charge in [-0.05, 0) is 37.8 Å². The maximum absolute atomic E-state index is 13.3. The van der Waals surface area contributed by atoms with Crippen LogP contribution in [0, 0.1) is 5.92 Å². The van der Waals surface area contributed by atoms with Crippen molar-refractivity contribution in [2.75, 3.05) is 0 Å². The van der Waals surface area contributed by atoms with Crippen LogP contribution in [0.3, 0.4) is 0 Å². The zero-order valence-electron chi connectivity index (χ0n) is 25.3. The molecule has 0 radical (unpaired) electrons. The summed E-state index contributed by atoms with van der Waals surface area (Å²) in [6.07, 6.45) is -2.42. The topological polar surface area (TPSA) is 144 Å². The van der Waals surface area contributed by atoms with Gasteiger partial charge >= 0.3 is 5.97 Å². The summed E-state index contributed by atoms with van der Waals surface area (Å²) in [6.45, 7) is 9.32. The molecule has 4 rings (SSSR count). The Labute approximate surface area is 252 Å². The molecule has 2 aromatic carbocycles. The largest absolute Gasteiger partial charge is 0.480 e. The predicted octanol–water partition coefficient (Wildman–Crippen LogP) is 2.73. The molecular weight excluding hydrogens is 554 g/mol. The van der Waals surface area contributed by atoms with Gasteiger partial charge in [0.15, 0.2) is 12.1 Å². The summed E-state index contributed by atoms with van der Waals surface area (Å²) >= 11 is 0. The fraction of sp³-hybridized carbons (Fsp3) is 0.531. The third-order valence-electron chi connectivity index (χ3n) is 7.53. The third-order valence-corrected chi connectivity index (χ3v) is 7.53. The Morgan fingerprint density at radius 3 is 2.16 bits per heavy atom. The van der Waals surface area contributed by atoms with Crippen LogP contribution in [0.15, 0.2) is 60.7 Å². The second-order valence-electron chi connectivity index (χ2n) is 11.9. The van der Waals surface area contributed by atoms with E-state index < -0.39 is 66.3 Å². The number of hydrogen-bond donors (Lipinski definition) is 4. The fourth-order valence-corrected chi connectivity index (χ4v) is 5.29. The number of ether oxygens (including phenoxy) is 4. The van der Waals surface area contributed by atoms with Gasteiger partial charge in [0.1, 0.15) is 30.4 Å². The van der Waals surface area contributed by atoms with Crippen molar-refractivity contribution in [3.63, 3.8) is 0 Å². The highest BCUT2D eigenvalue weighted by Gasteiger charge is 2.57. The number of amides is 2. The van der Waals surface area contributed by atoms with Crippen LogP contribution < -0.4 is 16.0 Å². The fourth-order valence-electron chi connectivity index (χ4n) is 5.29. The van der Waals surface area contributed by atoms with Crippen molar-refractivity contribution in [2.45, 2.75) is 103 Å². The highest BCUT2D eigenvalue weighted by atomic mass is 16.8. The first-order valence-corrected chi connectivity index (χ1v) is 14.7. The lowest BCUT2D eigenvalue weighted by molar-refractivity contribution is -0.222. The number of carboxylic acid groups (broad SMARTS) is 1. The molecule has 2 saturated heterocycles. The van der Waals surface area contributed by atoms with Crippen LogP contribution in [0.2, 0.25) is 0 Å². The molecule has 1 unspecified atom stereocenters. The molecule has 2 aliphatic rings. The normalized spacial score (nSPS) is 24.6. The number of rotatable bonds is 14. The maximum Gasteiger partial charge on any atom is 0.326 e. The third kappa shape index (κ3) is 8.84. The average molecular weight is 598 g/mol. The molecule has 2 aromatic rings. The number of fused-ring (bicyclic) bond motifs is 1. The summed E-state index contributed by atoms with van der Waals surface area (Å²) in [6, 6.07) is 17.0. The van der Waals surface area contributed by atoms with E-state index in [0.29, 0.717) is 13.2 Å². The van der Waals surface area contributed by atoms with E-state index in [0.717, 1.165) is 11.1 Å². The molecule has 2 fully saturated rings. The molecule has 0 aliphatic carbocycles. The van der Waals surface area contributed by atoms with Gasteiger partial charge in [0.05, 0.1) is 6.61 Å². The Hall–Kier alpha value is -3.35. The Kier molecular flexibility index (Phi) is 10.9. The van der Waals surface area contributed by atoms with Gasteiger partial charge in [-0.15, -0.1) is 0 Å². The van der Waals surface area contributed by atoms with Crippen molar-refractivity contribution in [3.8, 4) is 0 Å². The first-order chi connectivity index (χ1) is 20.4. The second-order valence-corrected chi connectivity index (χ2v) is 11.9. The van der Waals surface area contributed by atoms with Crippen molar-refractivity contribution in [3.05, 3.63) is 71.8 Å². The lowest BCUT2D eigenvalue weighted by Gasteiger charge is -2.32. The van der Waals surface area contributed by atoms with Crippen LogP contribution >= 0.6 is 0 Å². The maximum atomic E-state index is 13.3. The van der Waals surface area contributed by atoms with Crippen LogP contribution in [0.1, 0.15) is 52.2 Å². The molecule has 2 amide bonds. The van der Waals surface area contributed by atoms with Crippen molar-refractivity contribution in [1.29, 1.82) is 0 Å². The monoisotopic (exact) mass is 597 g/mol. The van der Waals surface area contributed by atoms with Crippen LogP contribution in [0.5, 0.6) is 0 Å². The smallest absolute Gasteiger partial charge is 0.326 e. The zero-order chi connectivity index (χ0) is 31.1. The molecule has 0 spiro atoms. The summed E-state index contributed by atoms with van der Waals surface area (Å²) in [5.41, 5.74) is 2.00. The van der Waals surface area contributed by atoms with E-state index in [1.54, 1.807) is 13.8 Å². The zero-order valence-corrected chi connectivity index (χ0v) is 25.3. The minimum absolute atomic E-state index is 0.0459. The van der Waals surface area contributed by atoms with E-state index in [4.69, 9.17) is 18.9 Å². The minimum atomic E-state index is -1.13. The Morgan fingerprint density at radius 1 is 0.930 bits per heavy atom. The quantitative estimate of drug-likeness (QED) is 0.258. The van der Waals surface area contributed by atoms with Crippen LogP contribution in [-0.4, -0.2) is 71.4 Å². The van der Waals surface area contributed by atoms with E-state index in [1.807, 2.05) is 74.5 Å². The molecular formula is C32H43N3O8. The Balaban J connectivity index is 1.50. The van der Waals surface area contributed by atoms with Gasteiger partial charge in [0.2, 0.25) is 11.8 Å². The molecule has 11 nitrogen and oxygen atoms in total. The molecule has 4 N–H and O–H groups in total. The minimum Gasteiger partial charge on any atom is -0.480 e. The van der Waals surface area contributed by atoms with Gasteiger partial charge in [0.25, 0.3) is 0 Å². The van der Waals surface area contributed by atoms with Crippen LogP contribution in [0.4, 0.5) is 0 Å². The standard InChI is InChI=1S/C32H43N3O8/c1-19(2)25(30(38)39)35-29(37)20(3)34-24(36)16-23(33-17-21-12-8-6-9-13-21)26-27(40-18-22-14-10-7-11-15-22)28-31(41-26)43-32(4,5)42-28/h6-15,19-20,23,25-28,31,33H,16-18H2,1-5H3,(H,34,36)(H,35,37)(H,38,39)/t20-,23-,25-,26?,27-,28+,31+/m0/s1. The lowest BCUT2D eigenvalue weighted by atomic mass is 9.99. The molecule has 2 aliphatic heterocycles. The number of carbonyl (C=O) groups is 3. The van der Waals surface area contributed by atoms with E-state index >= 15 is 0 Å². The van der Waals surface area contributed by atoms with Crippen molar-refractivity contribution >= 4 is 17.8 Å². The van der Waals surface area contributed by atoms with Crippen molar-refractivity contribution in [2.24, 2.45) is 5.92 Å². The van der Waals surface area contributed by atoms with E-state index in [9.17, 15) is 19.5 Å². The SMILES string of the molecule is CC(C)[C@H](NC(=O)[C@H](C)NC(=O)C[C@H](NCc1ccccc1)C1O[C@@H]2OC(C)(C)O[C@@H]2[C@H]1OCc1ccccc1)C(=O)O. The summed E-state index contributed by atoms with van der Waals surface area (Å²) < 4.78 is 25.0. The summed E-state index contributed by atoms with van der Waals surface area (Å²) in [5, 5.41) is 18.1. The number of carbonyl (C=O) groups excluding carboxylic acids is 2. The van der Waals surface area contributed by atoms with Crippen molar-refractivity contribution < 1.29 is 38.4 Å². The number of benzene rings is 2. The summed E-state index contributed by atoms with van der Waals surface area (Å²) in [4.78, 5) is 37.6. The average Bonchev–Trinajstić information content (AvgIpc) is 3.44. The lowest BCUT2D eigenvalue weighted by Crippen LogP contribution is -2.54. The molecule has 2 heterocycles. The first kappa shape index (κ1) is 32.6. The van der Waals surface area contributed by atoms with E-state index in [2.05, 4.69) is 16.0 Å². The number of aliphatic carboxylic acids is 1. The highest BCUT2D eigenvalue weighted by molar-refractivity contribution is 5.90. The van der Waals surface area contributed by atoms with Crippen LogP contribution in [0.25, 0.3) is 0 Å².